The van der Waals surface area contributed by atoms with E-state index < -0.39 is 11.2 Å². The summed E-state index contributed by atoms with van der Waals surface area (Å²) in [6.45, 7) is 14.1. The van der Waals surface area contributed by atoms with Gasteiger partial charge in [-0.3, -0.25) is 0 Å². The molecule has 14 nitrogen and oxygen atoms in total. The highest BCUT2D eigenvalue weighted by Gasteiger charge is 2.41. The van der Waals surface area contributed by atoms with E-state index in [9.17, 15) is 10.2 Å². The minimum absolute atomic E-state index is 0.446. The van der Waals surface area contributed by atoms with E-state index in [1.54, 1.807) is 26.9 Å². The summed E-state index contributed by atoms with van der Waals surface area (Å²) in [6.07, 6.45) is 18.1. The van der Waals surface area contributed by atoms with Gasteiger partial charge in [-0.2, -0.15) is 10.2 Å². The quantitative estimate of drug-likeness (QED) is 0.121. The Kier molecular flexibility index (Phi) is 13.5. The first-order chi connectivity index (χ1) is 33.7. The van der Waals surface area contributed by atoms with Crippen molar-refractivity contribution in [2.24, 2.45) is 0 Å². The second-order valence-corrected chi connectivity index (χ2v) is 18.9. The average Bonchev–Trinajstić information content (AvgIpc) is 4.20. The molecule has 2 aliphatic rings. The lowest BCUT2D eigenvalue weighted by Gasteiger charge is -2.32. The summed E-state index contributed by atoms with van der Waals surface area (Å²) in [6, 6.07) is 28.5. The van der Waals surface area contributed by atoms with Crippen LogP contribution >= 0.6 is 0 Å². The molecule has 10 rings (SSSR count). The first-order valence-corrected chi connectivity index (χ1v) is 24.0. The van der Waals surface area contributed by atoms with Gasteiger partial charge in [0.25, 0.3) is 0 Å². The van der Waals surface area contributed by atoms with Crippen molar-refractivity contribution in [3.63, 3.8) is 0 Å². The van der Waals surface area contributed by atoms with Gasteiger partial charge in [-0.1, -0.05) is 101 Å². The number of nitrogens with zero attached hydrogens (tertiary/aromatic N) is 10. The third-order valence-electron chi connectivity index (χ3n) is 13.3. The van der Waals surface area contributed by atoms with Crippen molar-refractivity contribution < 1.29 is 19.7 Å². The minimum atomic E-state index is -1.14. The molecule has 0 spiro atoms. The van der Waals surface area contributed by atoms with Gasteiger partial charge in [-0.15, -0.1) is 0 Å². The van der Waals surface area contributed by atoms with Crippen LogP contribution in [0.3, 0.4) is 0 Å². The summed E-state index contributed by atoms with van der Waals surface area (Å²) in [5.41, 5.74) is 7.63. The van der Waals surface area contributed by atoms with Crippen molar-refractivity contribution in [3.8, 4) is 22.9 Å². The van der Waals surface area contributed by atoms with Crippen molar-refractivity contribution in [2.45, 2.75) is 103 Å². The number of aromatic nitrogens is 10. The van der Waals surface area contributed by atoms with Crippen LogP contribution in [0.4, 0.5) is 0 Å². The van der Waals surface area contributed by atoms with E-state index in [-0.39, 0.29) is 0 Å². The highest BCUT2D eigenvalue weighted by atomic mass is 16.5. The molecule has 4 aromatic carbocycles. The van der Waals surface area contributed by atoms with Crippen LogP contribution in [0.1, 0.15) is 133 Å². The number of rotatable bonds is 12. The number of hydrogen-bond acceptors (Lipinski definition) is 10. The zero-order chi connectivity index (χ0) is 49.2. The molecule has 0 amide bonds. The number of methoxy groups -OCH3 is 2. The number of aliphatic hydroxyl groups is 2. The zero-order valence-corrected chi connectivity index (χ0v) is 41.3. The monoisotopic (exact) mass is 938 g/mol. The number of imidazole rings is 2. The van der Waals surface area contributed by atoms with Crippen LogP contribution in [-0.4, -0.2) is 73.1 Å². The number of benzene rings is 4. The molecule has 0 aliphatic carbocycles. The molecule has 2 N–H and O–H groups in total. The van der Waals surface area contributed by atoms with Gasteiger partial charge in [0.1, 0.15) is 22.7 Å². The van der Waals surface area contributed by atoms with E-state index in [2.05, 4.69) is 72.1 Å². The molecular weight excluding hydrogens is 877 g/mol. The van der Waals surface area contributed by atoms with Gasteiger partial charge in [0.15, 0.2) is 23.3 Å². The molecule has 2 aliphatic heterocycles. The summed E-state index contributed by atoms with van der Waals surface area (Å²) in [7, 11) is 3.32. The smallest absolute Gasteiger partial charge is 0.174 e. The molecule has 14 heteroatoms. The van der Waals surface area contributed by atoms with Gasteiger partial charge in [-0.05, 0) is 121 Å². The van der Waals surface area contributed by atoms with Gasteiger partial charge in [0.2, 0.25) is 0 Å². The third kappa shape index (κ3) is 9.74. The maximum absolute atomic E-state index is 11.7. The standard InChI is InChI=1S/2C28H31N5O2/c2*1-19(2)22-8-10-23(11-9-22)28(34)14-5-15-33-27(28)30-26(31-33)13-7-21-6-12-24(25(16-21)35-4)32-17-20(3)29-18-32/h2*6-13,16-19,34H,5,14-15H2,1-4H3/b2*13-7+/t2*28-/m10/s1. The predicted molar refractivity (Wildman–Crippen MR) is 273 cm³/mol. The van der Waals surface area contributed by atoms with Crippen LogP contribution < -0.4 is 9.47 Å². The summed E-state index contributed by atoms with van der Waals surface area (Å²) >= 11 is 0. The topological polar surface area (TPSA) is 156 Å². The zero-order valence-electron chi connectivity index (χ0n) is 41.3. The summed E-state index contributed by atoms with van der Waals surface area (Å²) in [5.74, 6) is 4.75. The molecule has 6 heterocycles. The highest BCUT2D eigenvalue weighted by Crippen LogP contribution is 2.39. The van der Waals surface area contributed by atoms with E-state index in [0.717, 1.165) is 82.4 Å². The molecule has 0 radical (unpaired) electrons. The lowest BCUT2D eigenvalue weighted by molar-refractivity contribution is 0.0392. The molecule has 0 bridgehead atoms. The van der Waals surface area contributed by atoms with E-state index in [1.165, 1.54) is 11.1 Å². The Labute approximate surface area is 409 Å². The van der Waals surface area contributed by atoms with Gasteiger partial charge >= 0.3 is 0 Å². The maximum Gasteiger partial charge on any atom is 0.174 e. The molecule has 0 unspecified atom stereocenters. The van der Waals surface area contributed by atoms with E-state index in [1.807, 2.05) is 130 Å². The molecule has 0 saturated heterocycles. The van der Waals surface area contributed by atoms with Gasteiger partial charge in [-0.25, -0.2) is 29.3 Å². The third-order valence-corrected chi connectivity index (χ3v) is 13.3. The van der Waals surface area contributed by atoms with Gasteiger partial charge < -0.3 is 28.8 Å². The van der Waals surface area contributed by atoms with E-state index >= 15 is 0 Å². The second-order valence-electron chi connectivity index (χ2n) is 18.9. The van der Waals surface area contributed by atoms with Crippen molar-refractivity contribution >= 4 is 24.3 Å². The Bertz CT molecular complexity index is 2940. The largest absolute Gasteiger partial charge is 0.495 e. The predicted octanol–water partition coefficient (Wildman–Crippen LogP) is 10.2. The SMILES string of the molecule is COc1cc(/C=C/c2nc3n(n2)CCC[C@@]3(O)c2ccc(C(C)C)cc2)ccc1-n1cnc(C)c1.COc1cc(/C=C/c2nc3n(n2)CCC[C@]3(O)c2ccc(C(C)C)cc2)ccc1-n1cnc(C)c1. The van der Waals surface area contributed by atoms with Crippen LogP contribution in [0.25, 0.3) is 35.7 Å². The number of ether oxygens (including phenoxy) is 2. The van der Waals surface area contributed by atoms with Crippen molar-refractivity contribution in [1.29, 1.82) is 0 Å². The lowest BCUT2D eigenvalue weighted by Crippen LogP contribution is -2.35. The van der Waals surface area contributed by atoms with Crippen molar-refractivity contribution in [1.82, 2.24) is 48.6 Å². The Morgan fingerprint density at radius 3 is 1.30 bits per heavy atom. The van der Waals surface area contributed by atoms with Crippen molar-refractivity contribution in [2.75, 3.05) is 14.2 Å². The molecule has 4 aromatic heterocycles. The second kappa shape index (κ2) is 19.9. The summed E-state index contributed by atoms with van der Waals surface area (Å²) < 4.78 is 18.8. The molecular formula is C56H62N10O4. The number of fused-ring (bicyclic) bond motifs is 2. The van der Waals surface area contributed by atoms with E-state index in [4.69, 9.17) is 19.4 Å². The molecule has 8 aromatic rings. The summed E-state index contributed by atoms with van der Waals surface area (Å²) in [4.78, 5) is 18.1. The number of hydrogen-bond donors (Lipinski definition) is 2. The highest BCUT2D eigenvalue weighted by molar-refractivity contribution is 5.70. The molecule has 2 atom stereocenters. The molecule has 70 heavy (non-hydrogen) atoms. The lowest BCUT2D eigenvalue weighted by atomic mass is 9.85. The van der Waals surface area contributed by atoms with Crippen LogP contribution in [0.15, 0.2) is 110 Å². The molecule has 0 saturated carbocycles. The fraction of sp³-hybridized carbons (Fsp3) is 0.321. The Balaban J connectivity index is 0.000000174. The number of aryl methyl sites for hydroxylation is 4. The van der Waals surface area contributed by atoms with Crippen molar-refractivity contribution in [3.05, 3.63) is 178 Å². The van der Waals surface area contributed by atoms with Crippen LogP contribution in [-0.2, 0) is 24.3 Å². The fourth-order valence-corrected chi connectivity index (χ4v) is 9.28. The summed E-state index contributed by atoms with van der Waals surface area (Å²) in [5, 5.41) is 32.6. The van der Waals surface area contributed by atoms with Crippen LogP contribution in [0.5, 0.6) is 11.5 Å². The normalized spacial score (nSPS) is 17.8. The van der Waals surface area contributed by atoms with Crippen LogP contribution in [0.2, 0.25) is 0 Å². The molecule has 360 valence electrons. The Hall–Kier alpha value is -7.42. The first-order valence-electron chi connectivity index (χ1n) is 24.0. The first kappa shape index (κ1) is 47.6. The Morgan fingerprint density at radius 1 is 0.557 bits per heavy atom. The minimum Gasteiger partial charge on any atom is -0.495 e. The van der Waals surface area contributed by atoms with Gasteiger partial charge in [0, 0.05) is 25.5 Å². The van der Waals surface area contributed by atoms with Crippen LogP contribution in [0, 0.1) is 13.8 Å². The Morgan fingerprint density at radius 2 is 0.957 bits per heavy atom. The van der Waals surface area contributed by atoms with E-state index in [0.29, 0.717) is 48.0 Å². The fourth-order valence-electron chi connectivity index (χ4n) is 9.28. The maximum atomic E-state index is 11.7. The molecule has 0 fully saturated rings. The average molecular weight is 939 g/mol. The van der Waals surface area contributed by atoms with Gasteiger partial charge in [0.05, 0.1) is 49.6 Å².